The highest BCUT2D eigenvalue weighted by Crippen LogP contribution is 2.36. The largest absolute Gasteiger partial charge is 0.469 e. The Balaban J connectivity index is 2.55. The van der Waals surface area contributed by atoms with E-state index in [0.29, 0.717) is 5.82 Å². The summed E-state index contributed by atoms with van der Waals surface area (Å²) in [5.74, 6) is 0.584. The van der Waals surface area contributed by atoms with Gasteiger partial charge in [-0.05, 0) is 51.7 Å². The molecule has 26 heavy (non-hydrogen) atoms. The van der Waals surface area contributed by atoms with Gasteiger partial charge < -0.3 is 10.1 Å². The summed E-state index contributed by atoms with van der Waals surface area (Å²) in [4.78, 5) is 19.7. The van der Waals surface area contributed by atoms with Gasteiger partial charge in [-0.2, -0.15) is 4.98 Å². The molecule has 7 heteroatoms. The maximum Gasteiger partial charge on any atom is 0.373 e. The summed E-state index contributed by atoms with van der Waals surface area (Å²) >= 11 is 0. The number of benzene rings is 1. The van der Waals surface area contributed by atoms with Crippen molar-refractivity contribution in [1.29, 1.82) is 0 Å². The first kappa shape index (κ1) is 19.6. The van der Waals surface area contributed by atoms with Crippen molar-refractivity contribution in [3.8, 4) is 5.88 Å². The Bertz CT molecular complexity index is 794. The van der Waals surface area contributed by atoms with Gasteiger partial charge in [-0.1, -0.05) is 31.5 Å². The third-order valence-electron chi connectivity index (χ3n) is 4.26. The highest BCUT2D eigenvalue weighted by molar-refractivity contribution is 5.72. The molecule has 0 amide bonds. The van der Waals surface area contributed by atoms with Crippen molar-refractivity contribution in [3.05, 3.63) is 44.8 Å². The summed E-state index contributed by atoms with van der Waals surface area (Å²) in [5, 5.41) is 14.9. The third kappa shape index (κ3) is 4.28. The fourth-order valence-electron chi connectivity index (χ4n) is 2.98. The molecule has 0 spiro atoms. The molecule has 2 aromatic rings. The van der Waals surface area contributed by atoms with Gasteiger partial charge in [0, 0.05) is 5.69 Å². The smallest absolute Gasteiger partial charge is 0.373 e. The molecule has 0 saturated carbocycles. The van der Waals surface area contributed by atoms with Crippen LogP contribution in [0.4, 0.5) is 17.2 Å². The Labute approximate surface area is 154 Å². The zero-order valence-electron chi connectivity index (χ0n) is 16.2. The average molecular weight is 358 g/mol. The maximum atomic E-state index is 11.7. The quantitative estimate of drug-likeness (QED) is 0.557. The van der Waals surface area contributed by atoms with E-state index in [2.05, 4.69) is 15.3 Å². The van der Waals surface area contributed by atoms with Crippen molar-refractivity contribution in [2.24, 2.45) is 0 Å². The van der Waals surface area contributed by atoms with E-state index in [1.165, 1.54) is 0 Å². The Morgan fingerprint density at radius 1 is 1.12 bits per heavy atom. The average Bonchev–Trinajstić information content (AvgIpc) is 2.55. The predicted octanol–water partition coefficient (Wildman–Crippen LogP) is 4.93. The number of aromatic nitrogens is 2. The fraction of sp³-hybridized carbons (Fsp3) is 0.474. The summed E-state index contributed by atoms with van der Waals surface area (Å²) in [6.07, 6.45) is 1.37. The summed E-state index contributed by atoms with van der Waals surface area (Å²) in [5.41, 5.74) is 3.70. The van der Waals surface area contributed by atoms with Gasteiger partial charge in [-0.3, -0.25) is 10.1 Å². The summed E-state index contributed by atoms with van der Waals surface area (Å²) < 4.78 is 5.81. The van der Waals surface area contributed by atoms with Crippen molar-refractivity contribution < 1.29 is 9.66 Å². The van der Waals surface area contributed by atoms with Gasteiger partial charge in [-0.25, -0.2) is 4.98 Å². The van der Waals surface area contributed by atoms with Crippen LogP contribution in [0.15, 0.2) is 12.1 Å². The van der Waals surface area contributed by atoms with Crippen LogP contribution in [0.2, 0.25) is 0 Å². The zero-order valence-corrected chi connectivity index (χ0v) is 16.2. The molecule has 0 aliphatic rings. The van der Waals surface area contributed by atoms with Crippen LogP contribution in [0.3, 0.4) is 0 Å². The lowest BCUT2D eigenvalue weighted by molar-refractivity contribution is -0.385. The lowest BCUT2D eigenvalue weighted by atomic mass is 10.1. The van der Waals surface area contributed by atoms with Crippen LogP contribution in [-0.4, -0.2) is 21.0 Å². The molecule has 0 unspecified atom stereocenters. The second-order valence-corrected chi connectivity index (χ2v) is 6.49. The van der Waals surface area contributed by atoms with Gasteiger partial charge in [-0.15, -0.1) is 0 Å². The number of ether oxygens (including phenoxy) is 1. The maximum absolute atomic E-state index is 11.7. The molecule has 7 nitrogen and oxygen atoms in total. The molecule has 140 valence electrons. The molecule has 0 radical (unpaired) electrons. The topological polar surface area (TPSA) is 90.2 Å². The zero-order chi connectivity index (χ0) is 19.4. The molecular weight excluding hydrogens is 332 g/mol. The standard InChI is InChI=1S/C19H26N4O3/c1-7-15(8-2)26-19-17(23(24)25)18(20-14(6)21-19)22-16-12(4)9-11(3)10-13(16)5/h9-10,15H,7-8H2,1-6H3,(H,20,21,22). The van der Waals surface area contributed by atoms with E-state index >= 15 is 0 Å². The minimum Gasteiger partial charge on any atom is -0.469 e. The van der Waals surface area contributed by atoms with E-state index in [-0.39, 0.29) is 23.5 Å². The molecule has 1 N–H and O–H groups in total. The number of nitrogens with one attached hydrogen (secondary N) is 1. The molecule has 1 aromatic carbocycles. The Morgan fingerprint density at radius 3 is 2.19 bits per heavy atom. The highest BCUT2D eigenvalue weighted by atomic mass is 16.6. The second kappa shape index (κ2) is 8.12. The third-order valence-corrected chi connectivity index (χ3v) is 4.26. The van der Waals surface area contributed by atoms with E-state index in [9.17, 15) is 10.1 Å². The highest BCUT2D eigenvalue weighted by Gasteiger charge is 2.28. The molecule has 0 bridgehead atoms. The van der Waals surface area contributed by atoms with Gasteiger partial charge >= 0.3 is 5.69 Å². The van der Waals surface area contributed by atoms with Gasteiger partial charge in [0.2, 0.25) is 5.82 Å². The van der Waals surface area contributed by atoms with E-state index in [0.717, 1.165) is 35.2 Å². The van der Waals surface area contributed by atoms with E-state index in [1.807, 2.05) is 46.8 Å². The number of hydrogen-bond donors (Lipinski definition) is 1. The summed E-state index contributed by atoms with van der Waals surface area (Å²) in [6, 6.07) is 4.05. The van der Waals surface area contributed by atoms with Crippen LogP contribution >= 0.6 is 0 Å². The molecule has 0 aliphatic carbocycles. The Kier molecular flexibility index (Phi) is 6.13. The molecule has 1 aromatic heterocycles. The van der Waals surface area contributed by atoms with Crippen molar-refractivity contribution in [1.82, 2.24) is 9.97 Å². The second-order valence-electron chi connectivity index (χ2n) is 6.49. The van der Waals surface area contributed by atoms with E-state index in [1.54, 1.807) is 6.92 Å². The van der Waals surface area contributed by atoms with Gasteiger partial charge in [0.25, 0.3) is 5.88 Å². The minimum absolute atomic E-state index is 0.0149. The molecular formula is C19H26N4O3. The predicted molar refractivity (Wildman–Crippen MR) is 102 cm³/mol. The fourth-order valence-corrected chi connectivity index (χ4v) is 2.98. The number of anilines is 2. The van der Waals surface area contributed by atoms with Crippen LogP contribution < -0.4 is 10.1 Å². The van der Waals surface area contributed by atoms with Gasteiger partial charge in [0.05, 0.1) is 4.92 Å². The van der Waals surface area contributed by atoms with Gasteiger partial charge in [0.15, 0.2) is 0 Å². The molecule has 2 rings (SSSR count). The first-order chi connectivity index (χ1) is 12.3. The van der Waals surface area contributed by atoms with Crippen molar-refractivity contribution in [3.63, 3.8) is 0 Å². The number of hydrogen-bond acceptors (Lipinski definition) is 6. The van der Waals surface area contributed by atoms with E-state index in [4.69, 9.17) is 4.74 Å². The van der Waals surface area contributed by atoms with Crippen molar-refractivity contribution >= 4 is 17.2 Å². The van der Waals surface area contributed by atoms with Crippen molar-refractivity contribution in [2.75, 3.05) is 5.32 Å². The van der Waals surface area contributed by atoms with Crippen LogP contribution in [0, 0.1) is 37.8 Å². The lowest BCUT2D eigenvalue weighted by Crippen LogP contribution is -2.17. The normalized spacial score (nSPS) is 10.9. The SMILES string of the molecule is CCC(CC)Oc1nc(C)nc(Nc2c(C)cc(C)cc2C)c1[N+](=O)[O-]. The summed E-state index contributed by atoms with van der Waals surface area (Å²) in [7, 11) is 0. The summed E-state index contributed by atoms with van der Waals surface area (Å²) in [6.45, 7) is 11.6. The molecule has 0 fully saturated rings. The number of aryl methyl sites for hydroxylation is 4. The van der Waals surface area contributed by atoms with E-state index < -0.39 is 4.92 Å². The van der Waals surface area contributed by atoms with Crippen molar-refractivity contribution in [2.45, 2.75) is 60.5 Å². The minimum atomic E-state index is -0.488. The molecule has 0 aliphatic heterocycles. The van der Waals surface area contributed by atoms with Crippen LogP contribution in [-0.2, 0) is 0 Å². The first-order valence-electron chi connectivity index (χ1n) is 8.81. The molecule has 0 atom stereocenters. The van der Waals surface area contributed by atoms with Crippen LogP contribution in [0.25, 0.3) is 0 Å². The number of nitro groups is 1. The number of rotatable bonds is 7. The molecule has 0 saturated heterocycles. The monoisotopic (exact) mass is 358 g/mol. The van der Waals surface area contributed by atoms with Crippen LogP contribution in [0.5, 0.6) is 5.88 Å². The lowest BCUT2D eigenvalue weighted by Gasteiger charge is -2.17. The first-order valence-corrected chi connectivity index (χ1v) is 8.81. The van der Waals surface area contributed by atoms with Gasteiger partial charge in [0.1, 0.15) is 11.9 Å². The number of nitrogens with zero attached hydrogens (tertiary/aromatic N) is 3. The Morgan fingerprint density at radius 2 is 1.69 bits per heavy atom. The Hall–Kier alpha value is -2.70. The van der Waals surface area contributed by atoms with Crippen LogP contribution in [0.1, 0.15) is 49.2 Å². The molecule has 1 heterocycles.